The zero-order chi connectivity index (χ0) is 10.1. The molecule has 0 aliphatic carbocycles. The van der Waals surface area contributed by atoms with Crippen molar-refractivity contribution < 1.29 is 0 Å². The maximum absolute atomic E-state index is 3.74. The van der Waals surface area contributed by atoms with Gasteiger partial charge in [-0.15, -0.1) is 6.58 Å². The molecule has 1 nitrogen and oxygen atoms in total. The summed E-state index contributed by atoms with van der Waals surface area (Å²) in [5, 5.41) is 3.59. The molecule has 0 aliphatic heterocycles. The molecule has 0 saturated heterocycles. The third-order valence-corrected chi connectivity index (χ3v) is 2.38. The Morgan fingerprint density at radius 2 is 2.08 bits per heavy atom. The van der Waals surface area contributed by atoms with Crippen LogP contribution in [-0.2, 0) is 0 Å². The molecule has 0 heterocycles. The highest BCUT2D eigenvalue weighted by Gasteiger charge is 2.10. The Morgan fingerprint density at radius 3 is 2.54 bits per heavy atom. The van der Waals surface area contributed by atoms with E-state index in [9.17, 15) is 0 Å². The van der Waals surface area contributed by atoms with Crippen LogP contribution < -0.4 is 5.32 Å². The summed E-state index contributed by atoms with van der Waals surface area (Å²) >= 11 is 0. The minimum atomic E-state index is 0.694. The summed E-state index contributed by atoms with van der Waals surface area (Å²) in [5.74, 6) is 0.747. The predicted molar refractivity (Wildman–Crippen MR) is 61.0 cm³/mol. The van der Waals surface area contributed by atoms with Gasteiger partial charge in [-0.25, -0.2) is 0 Å². The monoisotopic (exact) mass is 183 g/mol. The van der Waals surface area contributed by atoms with Gasteiger partial charge in [0.15, 0.2) is 0 Å². The molecular formula is C12H25N. The van der Waals surface area contributed by atoms with E-state index in [1.807, 2.05) is 6.08 Å². The first kappa shape index (κ1) is 12.7. The average Bonchev–Trinajstić information content (AvgIpc) is 2.10. The van der Waals surface area contributed by atoms with Crippen LogP contribution in [0.4, 0.5) is 0 Å². The normalized spacial score (nSPS) is 13.2. The van der Waals surface area contributed by atoms with Crippen LogP contribution in [0.15, 0.2) is 12.7 Å². The Kier molecular flexibility index (Phi) is 8.11. The molecule has 13 heavy (non-hydrogen) atoms. The molecule has 0 saturated carbocycles. The Balaban J connectivity index is 3.60. The molecule has 0 aromatic rings. The summed E-state index contributed by atoms with van der Waals surface area (Å²) in [5.41, 5.74) is 0. The molecule has 1 unspecified atom stereocenters. The van der Waals surface area contributed by atoms with Crippen LogP contribution in [0.3, 0.4) is 0 Å². The molecule has 0 amide bonds. The smallest absolute Gasteiger partial charge is 0.00901 e. The molecule has 0 rings (SSSR count). The molecule has 0 aromatic carbocycles. The van der Waals surface area contributed by atoms with E-state index in [1.165, 1.54) is 19.3 Å². The molecule has 1 atom stereocenters. The fourth-order valence-corrected chi connectivity index (χ4v) is 1.48. The van der Waals surface area contributed by atoms with Gasteiger partial charge in [-0.1, -0.05) is 26.8 Å². The van der Waals surface area contributed by atoms with Crippen molar-refractivity contribution in [2.45, 2.75) is 52.5 Å². The van der Waals surface area contributed by atoms with E-state index in [2.05, 4.69) is 32.7 Å². The second-order valence-corrected chi connectivity index (χ2v) is 4.02. The van der Waals surface area contributed by atoms with Gasteiger partial charge in [-0.3, -0.25) is 0 Å². The molecule has 0 aromatic heterocycles. The van der Waals surface area contributed by atoms with E-state index in [0.717, 1.165) is 18.9 Å². The number of nitrogens with one attached hydrogen (secondary N) is 1. The van der Waals surface area contributed by atoms with E-state index >= 15 is 0 Å². The number of allylic oxidation sites excluding steroid dienone is 1. The molecule has 0 fully saturated rings. The highest BCUT2D eigenvalue weighted by molar-refractivity contribution is 4.73. The van der Waals surface area contributed by atoms with Crippen molar-refractivity contribution in [1.29, 1.82) is 0 Å². The van der Waals surface area contributed by atoms with Crippen LogP contribution in [0.25, 0.3) is 0 Å². The molecule has 1 N–H and O–H groups in total. The van der Waals surface area contributed by atoms with Gasteiger partial charge in [0.05, 0.1) is 0 Å². The second kappa shape index (κ2) is 8.31. The quantitative estimate of drug-likeness (QED) is 0.449. The Labute approximate surface area is 83.6 Å². The summed E-state index contributed by atoms with van der Waals surface area (Å²) in [6.45, 7) is 11.7. The third kappa shape index (κ3) is 6.83. The summed E-state index contributed by atoms with van der Waals surface area (Å²) < 4.78 is 0. The maximum Gasteiger partial charge on any atom is 0.00901 e. The fraction of sp³-hybridized carbons (Fsp3) is 0.833. The highest BCUT2D eigenvalue weighted by Crippen LogP contribution is 2.10. The molecular weight excluding hydrogens is 158 g/mol. The first-order valence-electron chi connectivity index (χ1n) is 5.56. The van der Waals surface area contributed by atoms with Crippen molar-refractivity contribution in [3.8, 4) is 0 Å². The molecule has 1 heteroatoms. The van der Waals surface area contributed by atoms with Crippen LogP contribution in [0.1, 0.15) is 46.5 Å². The summed E-state index contributed by atoms with van der Waals surface area (Å²) in [7, 11) is 0. The fourth-order valence-electron chi connectivity index (χ4n) is 1.48. The molecule has 0 radical (unpaired) electrons. The molecule has 78 valence electrons. The van der Waals surface area contributed by atoms with Crippen molar-refractivity contribution in [2.75, 3.05) is 6.54 Å². The van der Waals surface area contributed by atoms with Crippen LogP contribution >= 0.6 is 0 Å². The van der Waals surface area contributed by atoms with Gasteiger partial charge in [0, 0.05) is 6.04 Å². The topological polar surface area (TPSA) is 12.0 Å². The summed E-state index contributed by atoms with van der Waals surface area (Å²) in [4.78, 5) is 0. The van der Waals surface area contributed by atoms with Crippen molar-refractivity contribution in [2.24, 2.45) is 5.92 Å². The first-order chi connectivity index (χ1) is 6.22. The van der Waals surface area contributed by atoms with Crippen LogP contribution in [0.5, 0.6) is 0 Å². The van der Waals surface area contributed by atoms with Crippen molar-refractivity contribution in [3.05, 3.63) is 12.7 Å². The summed E-state index contributed by atoms with van der Waals surface area (Å²) in [6.07, 6.45) is 6.94. The second-order valence-electron chi connectivity index (χ2n) is 4.02. The van der Waals surface area contributed by atoms with Gasteiger partial charge < -0.3 is 5.32 Å². The van der Waals surface area contributed by atoms with E-state index in [4.69, 9.17) is 0 Å². The van der Waals surface area contributed by atoms with Gasteiger partial charge in [-0.2, -0.15) is 0 Å². The van der Waals surface area contributed by atoms with Crippen LogP contribution in [0, 0.1) is 5.92 Å². The molecule has 0 aliphatic rings. The molecule has 0 spiro atoms. The standard InChI is InChI=1S/C12H25N/c1-5-7-8-9-12(11(3)4)13-10-6-2/h5,11-13H,1,6-10H2,2-4H3. The maximum atomic E-state index is 3.74. The average molecular weight is 183 g/mol. The number of rotatable bonds is 8. The van der Waals surface area contributed by atoms with Crippen molar-refractivity contribution in [1.82, 2.24) is 5.32 Å². The van der Waals surface area contributed by atoms with E-state index in [0.29, 0.717) is 6.04 Å². The van der Waals surface area contributed by atoms with Crippen molar-refractivity contribution >= 4 is 0 Å². The Morgan fingerprint density at radius 1 is 1.38 bits per heavy atom. The van der Waals surface area contributed by atoms with Crippen LogP contribution in [-0.4, -0.2) is 12.6 Å². The van der Waals surface area contributed by atoms with Gasteiger partial charge >= 0.3 is 0 Å². The lowest BCUT2D eigenvalue weighted by molar-refractivity contribution is 0.371. The summed E-state index contributed by atoms with van der Waals surface area (Å²) in [6, 6.07) is 0.694. The van der Waals surface area contributed by atoms with Crippen molar-refractivity contribution in [3.63, 3.8) is 0 Å². The van der Waals surface area contributed by atoms with E-state index < -0.39 is 0 Å². The molecule has 0 bridgehead atoms. The van der Waals surface area contributed by atoms with E-state index in [-0.39, 0.29) is 0 Å². The largest absolute Gasteiger partial charge is 0.314 e. The third-order valence-electron chi connectivity index (χ3n) is 2.38. The van der Waals surface area contributed by atoms with Crippen LogP contribution in [0.2, 0.25) is 0 Å². The lowest BCUT2D eigenvalue weighted by atomic mass is 9.98. The first-order valence-corrected chi connectivity index (χ1v) is 5.56. The Bertz CT molecular complexity index is 118. The van der Waals surface area contributed by atoms with Gasteiger partial charge in [0.25, 0.3) is 0 Å². The highest BCUT2D eigenvalue weighted by atomic mass is 14.9. The number of hydrogen-bond acceptors (Lipinski definition) is 1. The van der Waals surface area contributed by atoms with Gasteiger partial charge in [0.2, 0.25) is 0 Å². The van der Waals surface area contributed by atoms with E-state index in [1.54, 1.807) is 0 Å². The minimum Gasteiger partial charge on any atom is -0.314 e. The number of unbranched alkanes of at least 4 members (excludes halogenated alkanes) is 1. The zero-order valence-corrected chi connectivity index (χ0v) is 9.47. The van der Waals surface area contributed by atoms with Gasteiger partial charge in [-0.05, 0) is 38.1 Å². The lowest BCUT2D eigenvalue weighted by Crippen LogP contribution is -2.34. The lowest BCUT2D eigenvalue weighted by Gasteiger charge is -2.21. The zero-order valence-electron chi connectivity index (χ0n) is 9.47. The van der Waals surface area contributed by atoms with Gasteiger partial charge in [0.1, 0.15) is 0 Å². The predicted octanol–water partition coefficient (Wildman–Crippen LogP) is 3.37. The minimum absolute atomic E-state index is 0.694. The SMILES string of the molecule is C=CCCCC(NCCC)C(C)C. The Hall–Kier alpha value is -0.300. The number of hydrogen-bond donors (Lipinski definition) is 1.